The number of hydrogen-bond donors (Lipinski definition) is 1. The molecule has 0 aliphatic rings. The second-order valence-corrected chi connectivity index (χ2v) is 5.96. The van der Waals surface area contributed by atoms with E-state index in [9.17, 15) is 9.59 Å². The Morgan fingerprint density at radius 2 is 1.96 bits per heavy atom. The molecule has 0 aromatic heterocycles. The van der Waals surface area contributed by atoms with E-state index in [2.05, 4.69) is 5.32 Å². The third-order valence-corrected chi connectivity index (χ3v) is 2.75. The van der Waals surface area contributed by atoms with Crippen molar-refractivity contribution in [2.75, 3.05) is 6.54 Å². The molecule has 0 aliphatic heterocycles. The van der Waals surface area contributed by atoms with Gasteiger partial charge in [0.1, 0.15) is 12.2 Å². The lowest BCUT2D eigenvalue weighted by Gasteiger charge is -2.19. The molecule has 0 unspecified atom stereocenters. The van der Waals surface area contributed by atoms with Crippen molar-refractivity contribution in [2.45, 2.75) is 45.8 Å². The summed E-state index contributed by atoms with van der Waals surface area (Å²) >= 11 is 0. The van der Waals surface area contributed by atoms with E-state index in [1.165, 1.54) is 0 Å². The maximum atomic E-state index is 11.6. The molecule has 0 aliphatic carbocycles. The number of nitriles is 1. The number of esters is 1. The molecule has 124 valence electrons. The third-order valence-electron chi connectivity index (χ3n) is 2.75. The van der Waals surface area contributed by atoms with Crippen LogP contribution in [0.25, 0.3) is 0 Å². The average Bonchev–Trinajstić information content (AvgIpc) is 2.48. The number of carbonyl (C=O) groups excluding carboxylic acids is 2. The van der Waals surface area contributed by atoms with Crippen molar-refractivity contribution in [3.8, 4) is 6.07 Å². The van der Waals surface area contributed by atoms with Gasteiger partial charge in [0.15, 0.2) is 0 Å². The van der Waals surface area contributed by atoms with Crippen molar-refractivity contribution < 1.29 is 19.1 Å². The third kappa shape index (κ3) is 7.86. The summed E-state index contributed by atoms with van der Waals surface area (Å²) < 4.78 is 10.2. The van der Waals surface area contributed by atoms with Crippen LogP contribution in [0.3, 0.4) is 0 Å². The lowest BCUT2D eigenvalue weighted by Crippen LogP contribution is -2.33. The quantitative estimate of drug-likeness (QED) is 0.643. The molecule has 1 aromatic carbocycles. The predicted octanol–water partition coefficient (Wildman–Crippen LogP) is 2.91. The smallest absolute Gasteiger partial charge is 0.407 e. The molecule has 0 radical (unpaired) electrons. The summed E-state index contributed by atoms with van der Waals surface area (Å²) in [5.74, 6) is -0.372. The first-order valence-corrected chi connectivity index (χ1v) is 7.42. The van der Waals surface area contributed by atoms with Crippen LogP contribution in [-0.4, -0.2) is 24.2 Å². The first kappa shape index (κ1) is 18.5. The fourth-order valence-electron chi connectivity index (χ4n) is 1.72. The molecule has 0 heterocycles. The van der Waals surface area contributed by atoms with Crippen LogP contribution < -0.4 is 5.32 Å². The highest BCUT2D eigenvalue weighted by Crippen LogP contribution is 2.09. The van der Waals surface area contributed by atoms with Crippen LogP contribution in [0.1, 0.15) is 44.7 Å². The molecule has 23 heavy (non-hydrogen) atoms. The van der Waals surface area contributed by atoms with E-state index in [-0.39, 0.29) is 19.0 Å². The maximum Gasteiger partial charge on any atom is 0.407 e. The van der Waals surface area contributed by atoms with Crippen molar-refractivity contribution >= 4 is 12.1 Å². The molecule has 1 aromatic rings. The van der Waals surface area contributed by atoms with Gasteiger partial charge in [0.25, 0.3) is 0 Å². The molecule has 0 atom stereocenters. The number of amides is 1. The van der Waals surface area contributed by atoms with E-state index < -0.39 is 11.7 Å². The van der Waals surface area contributed by atoms with Crippen molar-refractivity contribution in [3.05, 3.63) is 35.4 Å². The zero-order valence-electron chi connectivity index (χ0n) is 13.7. The van der Waals surface area contributed by atoms with Crippen LogP contribution >= 0.6 is 0 Å². The average molecular weight is 318 g/mol. The molecule has 0 bridgehead atoms. The summed E-state index contributed by atoms with van der Waals surface area (Å²) in [6, 6.07) is 9.01. The standard InChI is InChI=1S/C17H22N2O4/c1-17(2,3)23-16(21)19-10-6-9-15(20)22-12-14-8-5-4-7-13(14)11-18/h4-5,7-8H,6,9-10,12H2,1-3H3,(H,19,21). The van der Waals surface area contributed by atoms with E-state index in [1.54, 1.807) is 45.0 Å². The Kier molecular flexibility index (Phi) is 7.07. The van der Waals surface area contributed by atoms with Gasteiger partial charge in [-0.3, -0.25) is 4.79 Å². The van der Waals surface area contributed by atoms with Crippen molar-refractivity contribution in [3.63, 3.8) is 0 Å². The minimum absolute atomic E-state index is 0.0715. The van der Waals surface area contributed by atoms with Crippen LogP contribution in [0.2, 0.25) is 0 Å². The Morgan fingerprint density at radius 3 is 2.61 bits per heavy atom. The van der Waals surface area contributed by atoms with E-state index in [4.69, 9.17) is 14.7 Å². The minimum atomic E-state index is -0.544. The topological polar surface area (TPSA) is 88.4 Å². The lowest BCUT2D eigenvalue weighted by atomic mass is 10.1. The maximum absolute atomic E-state index is 11.6. The molecule has 0 fully saturated rings. The van der Waals surface area contributed by atoms with Crippen LogP contribution in [0.5, 0.6) is 0 Å². The minimum Gasteiger partial charge on any atom is -0.461 e. The fourth-order valence-corrected chi connectivity index (χ4v) is 1.72. The Morgan fingerprint density at radius 1 is 1.26 bits per heavy atom. The number of carbonyl (C=O) groups is 2. The van der Waals surface area contributed by atoms with Gasteiger partial charge in [0.05, 0.1) is 11.6 Å². The van der Waals surface area contributed by atoms with Gasteiger partial charge < -0.3 is 14.8 Å². The number of nitrogens with one attached hydrogen (secondary N) is 1. The number of nitrogens with zero attached hydrogens (tertiary/aromatic N) is 1. The summed E-state index contributed by atoms with van der Waals surface area (Å²) in [5, 5.41) is 11.5. The Balaban J connectivity index is 2.23. The molecule has 1 amide bonds. The van der Waals surface area contributed by atoms with E-state index >= 15 is 0 Å². The number of benzene rings is 1. The van der Waals surface area contributed by atoms with Gasteiger partial charge in [0, 0.05) is 18.5 Å². The largest absolute Gasteiger partial charge is 0.461 e. The van der Waals surface area contributed by atoms with Crippen LogP contribution in [0, 0.1) is 11.3 Å². The zero-order valence-corrected chi connectivity index (χ0v) is 13.7. The van der Waals surface area contributed by atoms with Gasteiger partial charge in [-0.15, -0.1) is 0 Å². The van der Waals surface area contributed by atoms with Gasteiger partial charge in [-0.2, -0.15) is 5.26 Å². The molecule has 1 N–H and O–H groups in total. The first-order valence-electron chi connectivity index (χ1n) is 7.42. The molecule has 0 saturated heterocycles. The van der Waals surface area contributed by atoms with Crippen LogP contribution in [0.15, 0.2) is 24.3 Å². The Hall–Kier alpha value is -2.55. The van der Waals surface area contributed by atoms with E-state index in [0.29, 0.717) is 24.1 Å². The van der Waals surface area contributed by atoms with Crippen LogP contribution in [-0.2, 0) is 20.9 Å². The second-order valence-electron chi connectivity index (χ2n) is 5.96. The summed E-state index contributed by atoms with van der Waals surface area (Å²) in [6.07, 6.45) is 0.136. The second kappa shape index (κ2) is 8.79. The molecular weight excluding hydrogens is 296 g/mol. The predicted molar refractivity (Wildman–Crippen MR) is 84.4 cm³/mol. The van der Waals surface area contributed by atoms with Crippen molar-refractivity contribution in [1.82, 2.24) is 5.32 Å². The number of ether oxygens (including phenoxy) is 2. The Bertz CT molecular complexity index is 585. The molecular formula is C17H22N2O4. The highest BCUT2D eigenvalue weighted by atomic mass is 16.6. The van der Waals surface area contributed by atoms with E-state index in [1.807, 2.05) is 6.07 Å². The van der Waals surface area contributed by atoms with Crippen molar-refractivity contribution in [1.29, 1.82) is 5.26 Å². The summed E-state index contributed by atoms with van der Waals surface area (Å²) in [4.78, 5) is 23.0. The normalized spacial score (nSPS) is 10.5. The fraction of sp³-hybridized carbons (Fsp3) is 0.471. The number of hydrogen-bond acceptors (Lipinski definition) is 5. The Labute approximate surface area is 136 Å². The highest BCUT2D eigenvalue weighted by Gasteiger charge is 2.15. The van der Waals surface area contributed by atoms with Crippen molar-refractivity contribution in [2.24, 2.45) is 0 Å². The van der Waals surface area contributed by atoms with Gasteiger partial charge in [0.2, 0.25) is 0 Å². The molecule has 0 spiro atoms. The highest BCUT2D eigenvalue weighted by molar-refractivity contribution is 5.70. The van der Waals surface area contributed by atoms with Gasteiger partial charge in [-0.1, -0.05) is 18.2 Å². The zero-order chi connectivity index (χ0) is 17.3. The lowest BCUT2D eigenvalue weighted by molar-refractivity contribution is -0.145. The van der Waals surface area contributed by atoms with Gasteiger partial charge in [-0.25, -0.2) is 4.79 Å². The molecule has 6 heteroatoms. The SMILES string of the molecule is CC(C)(C)OC(=O)NCCCC(=O)OCc1ccccc1C#N. The number of rotatable bonds is 6. The van der Waals surface area contributed by atoms with Gasteiger partial charge in [-0.05, 0) is 33.3 Å². The summed E-state index contributed by atoms with van der Waals surface area (Å²) in [5.41, 5.74) is 0.624. The van der Waals surface area contributed by atoms with E-state index in [0.717, 1.165) is 0 Å². The van der Waals surface area contributed by atoms with Gasteiger partial charge >= 0.3 is 12.1 Å². The number of alkyl carbamates (subject to hydrolysis) is 1. The van der Waals surface area contributed by atoms with Crippen LogP contribution in [0.4, 0.5) is 4.79 Å². The molecule has 6 nitrogen and oxygen atoms in total. The summed E-state index contributed by atoms with van der Waals surface area (Å²) in [6.45, 7) is 5.75. The first-order chi connectivity index (χ1) is 10.8. The molecule has 1 rings (SSSR count). The molecule has 0 saturated carbocycles. The summed E-state index contributed by atoms with van der Waals surface area (Å²) in [7, 11) is 0. The monoisotopic (exact) mass is 318 g/mol.